The number of rotatable bonds is 12. The number of benzene rings is 2. The van der Waals surface area contributed by atoms with Gasteiger partial charge in [-0.2, -0.15) is 5.10 Å². The molecular formula is C29H29N3O7. The molecular weight excluding hydrogens is 502 g/mol. The van der Waals surface area contributed by atoms with Gasteiger partial charge in [-0.3, -0.25) is 4.79 Å². The SMILES string of the molecule is CCOc1cc(/C=N/NC(=O)c2ccc(COc3ccc(-n4c(C)ccc4C)cc3)o2)ccc1OCC(=O)O. The normalized spacial score (nSPS) is 10.9. The third-order valence-corrected chi connectivity index (χ3v) is 5.63. The number of hydrazone groups is 1. The maximum atomic E-state index is 12.4. The van der Waals surface area contributed by atoms with Crippen LogP contribution < -0.4 is 19.6 Å². The number of nitrogens with zero attached hydrogens (tertiary/aromatic N) is 2. The Labute approximate surface area is 225 Å². The van der Waals surface area contributed by atoms with Crippen molar-refractivity contribution in [2.45, 2.75) is 27.4 Å². The average Bonchev–Trinajstić information content (AvgIpc) is 3.53. The number of nitrogens with one attached hydrogen (secondary N) is 1. The number of amides is 1. The van der Waals surface area contributed by atoms with Crippen LogP contribution in [0, 0.1) is 13.8 Å². The van der Waals surface area contributed by atoms with E-state index in [0.29, 0.717) is 35.2 Å². The van der Waals surface area contributed by atoms with Crippen LogP contribution in [0.15, 0.2) is 76.2 Å². The van der Waals surface area contributed by atoms with Crippen LogP contribution in [0.4, 0.5) is 0 Å². The van der Waals surface area contributed by atoms with Gasteiger partial charge < -0.3 is 28.3 Å². The third kappa shape index (κ3) is 7.07. The maximum absolute atomic E-state index is 12.4. The molecule has 2 heterocycles. The minimum absolute atomic E-state index is 0.0899. The van der Waals surface area contributed by atoms with Gasteiger partial charge >= 0.3 is 11.9 Å². The summed E-state index contributed by atoms with van der Waals surface area (Å²) in [5, 5.41) is 12.8. The molecule has 2 aromatic heterocycles. The maximum Gasteiger partial charge on any atom is 0.341 e. The zero-order valence-corrected chi connectivity index (χ0v) is 21.8. The van der Waals surface area contributed by atoms with Gasteiger partial charge in [0.15, 0.2) is 23.9 Å². The zero-order valence-electron chi connectivity index (χ0n) is 21.8. The first kappa shape index (κ1) is 27.1. The van der Waals surface area contributed by atoms with E-state index in [2.05, 4.69) is 41.1 Å². The highest BCUT2D eigenvalue weighted by atomic mass is 16.5. The summed E-state index contributed by atoms with van der Waals surface area (Å²) in [7, 11) is 0. The Morgan fingerprint density at radius 1 is 0.949 bits per heavy atom. The van der Waals surface area contributed by atoms with Gasteiger partial charge in [0.05, 0.1) is 12.8 Å². The van der Waals surface area contributed by atoms with Crippen LogP contribution in [0.2, 0.25) is 0 Å². The van der Waals surface area contributed by atoms with E-state index in [0.717, 1.165) is 17.1 Å². The number of carboxylic acids is 1. The van der Waals surface area contributed by atoms with Crippen LogP contribution >= 0.6 is 0 Å². The molecule has 10 heteroatoms. The molecule has 39 heavy (non-hydrogen) atoms. The van der Waals surface area contributed by atoms with Crippen LogP contribution in [0.5, 0.6) is 17.2 Å². The molecule has 0 saturated heterocycles. The third-order valence-electron chi connectivity index (χ3n) is 5.63. The second-order valence-electron chi connectivity index (χ2n) is 8.52. The summed E-state index contributed by atoms with van der Waals surface area (Å²) in [5.74, 6) is 0.313. The monoisotopic (exact) mass is 531 g/mol. The minimum Gasteiger partial charge on any atom is -0.490 e. The van der Waals surface area contributed by atoms with E-state index in [4.69, 9.17) is 23.7 Å². The number of furan rings is 1. The Morgan fingerprint density at radius 2 is 1.69 bits per heavy atom. The van der Waals surface area contributed by atoms with Crippen molar-refractivity contribution in [3.8, 4) is 22.9 Å². The predicted molar refractivity (Wildman–Crippen MR) is 144 cm³/mol. The molecule has 0 spiro atoms. The highest BCUT2D eigenvalue weighted by Crippen LogP contribution is 2.28. The molecule has 0 atom stereocenters. The molecule has 4 rings (SSSR count). The molecule has 0 bridgehead atoms. The minimum atomic E-state index is -1.09. The van der Waals surface area contributed by atoms with E-state index in [1.54, 1.807) is 37.3 Å². The van der Waals surface area contributed by atoms with Gasteiger partial charge in [-0.25, -0.2) is 10.2 Å². The van der Waals surface area contributed by atoms with Crippen molar-refractivity contribution >= 4 is 18.1 Å². The van der Waals surface area contributed by atoms with Gasteiger partial charge in [0, 0.05) is 17.1 Å². The molecule has 2 N–H and O–H groups in total. The number of carboxylic acid groups (broad SMARTS) is 1. The van der Waals surface area contributed by atoms with Crippen LogP contribution in [0.3, 0.4) is 0 Å². The molecule has 0 unspecified atom stereocenters. The molecule has 0 aliphatic carbocycles. The molecule has 0 saturated carbocycles. The van der Waals surface area contributed by atoms with Crippen molar-refractivity contribution in [1.82, 2.24) is 9.99 Å². The number of aliphatic carboxylic acids is 1. The van der Waals surface area contributed by atoms with E-state index in [9.17, 15) is 9.59 Å². The molecule has 10 nitrogen and oxygen atoms in total. The number of carbonyl (C=O) groups excluding carboxylic acids is 1. The topological polar surface area (TPSA) is 125 Å². The highest BCUT2D eigenvalue weighted by Gasteiger charge is 2.12. The average molecular weight is 532 g/mol. The molecule has 0 fully saturated rings. The van der Waals surface area contributed by atoms with Gasteiger partial charge in [0.2, 0.25) is 0 Å². The first-order valence-electron chi connectivity index (χ1n) is 12.3. The Hall–Kier alpha value is -4.99. The molecule has 2 aromatic carbocycles. The molecule has 0 aliphatic rings. The second kappa shape index (κ2) is 12.5. The highest BCUT2D eigenvalue weighted by molar-refractivity contribution is 5.92. The van der Waals surface area contributed by atoms with Gasteiger partial charge in [0.25, 0.3) is 0 Å². The summed E-state index contributed by atoms with van der Waals surface area (Å²) >= 11 is 0. The summed E-state index contributed by atoms with van der Waals surface area (Å²) in [6, 6.07) is 20.0. The van der Waals surface area contributed by atoms with Crippen molar-refractivity contribution in [1.29, 1.82) is 0 Å². The van der Waals surface area contributed by atoms with E-state index < -0.39 is 18.5 Å². The summed E-state index contributed by atoms with van der Waals surface area (Å²) in [4.78, 5) is 23.2. The standard InChI is InChI=1S/C29H29N3O7/c1-4-36-27-15-21(7-13-25(27)38-18-28(33)34)16-30-31-29(35)26-14-12-24(39-26)17-37-23-10-8-22(9-11-23)32-19(2)5-6-20(32)3/h5-16H,4,17-18H2,1-3H3,(H,31,35)(H,33,34)/b30-16+. The molecule has 1 amide bonds. The summed E-state index contributed by atoms with van der Waals surface area (Å²) < 4.78 is 24.3. The van der Waals surface area contributed by atoms with Crippen molar-refractivity contribution in [2.75, 3.05) is 13.2 Å². The number of hydrogen-bond acceptors (Lipinski definition) is 7. The molecule has 4 aromatic rings. The number of carbonyl (C=O) groups is 2. The van der Waals surface area contributed by atoms with Crippen LogP contribution in [0.1, 0.15) is 40.2 Å². The Balaban J connectivity index is 1.30. The number of ether oxygens (including phenoxy) is 3. The van der Waals surface area contributed by atoms with E-state index in [1.165, 1.54) is 6.21 Å². The Kier molecular flexibility index (Phi) is 8.67. The molecule has 202 valence electrons. The van der Waals surface area contributed by atoms with Crippen molar-refractivity contribution < 1.29 is 33.3 Å². The fourth-order valence-electron chi connectivity index (χ4n) is 3.85. The zero-order chi connectivity index (χ0) is 27.8. The van der Waals surface area contributed by atoms with Gasteiger partial charge in [-0.05, 0) is 93.1 Å². The van der Waals surface area contributed by atoms with Crippen molar-refractivity contribution in [3.63, 3.8) is 0 Å². The fourth-order valence-corrected chi connectivity index (χ4v) is 3.85. The van der Waals surface area contributed by atoms with Crippen molar-refractivity contribution in [3.05, 3.63) is 95.2 Å². The quantitative estimate of drug-likeness (QED) is 0.197. The van der Waals surface area contributed by atoms with Crippen LogP contribution in [-0.2, 0) is 11.4 Å². The van der Waals surface area contributed by atoms with E-state index in [1.807, 2.05) is 24.3 Å². The lowest BCUT2D eigenvalue weighted by atomic mass is 10.2. The lowest BCUT2D eigenvalue weighted by Crippen LogP contribution is -2.16. The largest absolute Gasteiger partial charge is 0.490 e. The first-order valence-corrected chi connectivity index (χ1v) is 12.3. The van der Waals surface area contributed by atoms with Crippen LogP contribution in [0.25, 0.3) is 5.69 Å². The lowest BCUT2D eigenvalue weighted by molar-refractivity contribution is -0.139. The van der Waals surface area contributed by atoms with Gasteiger partial charge in [-0.15, -0.1) is 0 Å². The Morgan fingerprint density at radius 3 is 2.38 bits per heavy atom. The summed E-state index contributed by atoms with van der Waals surface area (Å²) in [5.41, 5.74) is 6.39. The second-order valence-corrected chi connectivity index (χ2v) is 8.52. The smallest absolute Gasteiger partial charge is 0.341 e. The molecule has 0 radical (unpaired) electrons. The van der Waals surface area contributed by atoms with Crippen LogP contribution in [-0.4, -0.2) is 41.0 Å². The fraction of sp³-hybridized carbons (Fsp3) is 0.207. The lowest BCUT2D eigenvalue weighted by Gasteiger charge is -2.11. The molecule has 0 aliphatic heterocycles. The summed E-state index contributed by atoms with van der Waals surface area (Å²) in [6.45, 7) is 5.96. The van der Waals surface area contributed by atoms with Gasteiger partial charge in [-0.1, -0.05) is 0 Å². The number of hydrogen-bond donors (Lipinski definition) is 2. The first-order chi connectivity index (χ1) is 18.8. The van der Waals surface area contributed by atoms with E-state index in [-0.39, 0.29) is 12.4 Å². The van der Waals surface area contributed by atoms with Gasteiger partial charge in [0.1, 0.15) is 18.1 Å². The number of aromatic nitrogens is 1. The number of aryl methyl sites for hydroxylation is 2. The summed E-state index contributed by atoms with van der Waals surface area (Å²) in [6.07, 6.45) is 1.43. The van der Waals surface area contributed by atoms with E-state index >= 15 is 0 Å². The Bertz CT molecular complexity index is 1450. The predicted octanol–water partition coefficient (Wildman–Crippen LogP) is 4.89. The van der Waals surface area contributed by atoms with Crippen molar-refractivity contribution in [2.24, 2.45) is 5.10 Å².